The Kier molecular flexibility index (Phi) is 3.35. The van der Waals surface area contributed by atoms with Gasteiger partial charge in [0.2, 0.25) is 0 Å². The van der Waals surface area contributed by atoms with Gasteiger partial charge in [-0.1, -0.05) is 11.6 Å². The lowest BCUT2D eigenvalue weighted by Crippen LogP contribution is -2.12. The van der Waals surface area contributed by atoms with Crippen LogP contribution in [0.5, 0.6) is 0 Å². The number of rotatable bonds is 2. The number of hydrogen-bond donors (Lipinski definition) is 1. The Hall–Kier alpha value is -1.94. The Morgan fingerprint density at radius 3 is 2.94 bits per heavy atom. The smallest absolute Gasteiger partial charge is 0.257 e. The largest absolute Gasteiger partial charge is 0.319 e. The molecule has 0 spiro atoms. The van der Waals surface area contributed by atoms with E-state index < -0.39 is 0 Å². The molecule has 2 aromatic rings. The van der Waals surface area contributed by atoms with Gasteiger partial charge >= 0.3 is 0 Å². The van der Waals surface area contributed by atoms with Gasteiger partial charge in [-0.25, -0.2) is 4.98 Å². The van der Waals surface area contributed by atoms with Crippen molar-refractivity contribution < 1.29 is 4.79 Å². The highest BCUT2D eigenvalue weighted by Gasteiger charge is 2.09. The van der Waals surface area contributed by atoms with Crippen LogP contribution in [0.1, 0.15) is 15.9 Å². The number of anilines is 1. The number of hydrogen-bond acceptors (Lipinski definition) is 3. The topological polar surface area (TPSA) is 54.9 Å². The van der Waals surface area contributed by atoms with Gasteiger partial charge in [0.1, 0.15) is 0 Å². The van der Waals surface area contributed by atoms with Crippen LogP contribution in [0.4, 0.5) is 5.69 Å². The molecule has 2 heterocycles. The fourth-order valence-corrected chi connectivity index (χ4v) is 1.48. The van der Waals surface area contributed by atoms with Gasteiger partial charge in [0.25, 0.3) is 5.91 Å². The molecule has 4 nitrogen and oxygen atoms in total. The van der Waals surface area contributed by atoms with Gasteiger partial charge in [0.05, 0.1) is 11.3 Å². The molecule has 86 valence electrons. The van der Waals surface area contributed by atoms with Crippen molar-refractivity contribution in [2.24, 2.45) is 0 Å². The fraction of sp³-hybridized carbons (Fsp3) is 0.0833. The van der Waals surface area contributed by atoms with Crippen LogP contribution in [0.25, 0.3) is 0 Å². The summed E-state index contributed by atoms with van der Waals surface area (Å²) in [6.45, 7) is 1.88. The second-order valence-corrected chi connectivity index (χ2v) is 3.90. The number of pyridine rings is 2. The average Bonchev–Trinajstić information content (AvgIpc) is 2.35. The SMILES string of the molecule is Cc1cnc(Cl)c(NC(=O)c2cccnc2)c1. The van der Waals surface area contributed by atoms with Crippen molar-refractivity contribution in [2.45, 2.75) is 6.92 Å². The molecule has 0 atom stereocenters. The highest BCUT2D eigenvalue weighted by Crippen LogP contribution is 2.20. The number of nitrogens with one attached hydrogen (secondary N) is 1. The third kappa shape index (κ3) is 2.79. The molecule has 2 rings (SSSR count). The van der Waals surface area contributed by atoms with E-state index in [9.17, 15) is 4.79 Å². The molecule has 0 aliphatic rings. The predicted molar refractivity (Wildman–Crippen MR) is 66.2 cm³/mol. The quantitative estimate of drug-likeness (QED) is 0.830. The summed E-state index contributed by atoms with van der Waals surface area (Å²) < 4.78 is 0. The van der Waals surface area contributed by atoms with Gasteiger partial charge in [0.15, 0.2) is 5.15 Å². The van der Waals surface area contributed by atoms with Crippen molar-refractivity contribution in [2.75, 3.05) is 5.32 Å². The number of halogens is 1. The molecule has 0 bridgehead atoms. The van der Waals surface area contributed by atoms with Gasteiger partial charge in [0, 0.05) is 18.6 Å². The number of amides is 1. The summed E-state index contributed by atoms with van der Waals surface area (Å²) in [4.78, 5) is 19.7. The first-order chi connectivity index (χ1) is 8.16. The molecule has 0 aromatic carbocycles. The molecule has 0 fully saturated rings. The van der Waals surface area contributed by atoms with E-state index in [1.165, 1.54) is 6.20 Å². The summed E-state index contributed by atoms with van der Waals surface area (Å²) in [5, 5.41) is 2.97. The minimum atomic E-state index is -0.257. The van der Waals surface area contributed by atoms with Crippen molar-refractivity contribution >= 4 is 23.2 Å². The van der Waals surface area contributed by atoms with E-state index in [0.717, 1.165) is 5.56 Å². The van der Waals surface area contributed by atoms with Gasteiger partial charge < -0.3 is 5.32 Å². The molecule has 0 saturated carbocycles. The zero-order chi connectivity index (χ0) is 12.3. The lowest BCUT2D eigenvalue weighted by atomic mass is 10.2. The standard InChI is InChI=1S/C12H10ClN3O/c1-8-5-10(11(13)15-6-8)16-12(17)9-3-2-4-14-7-9/h2-7H,1H3,(H,16,17). The van der Waals surface area contributed by atoms with Crippen LogP contribution in [-0.4, -0.2) is 15.9 Å². The van der Waals surface area contributed by atoms with Crippen LogP contribution in [-0.2, 0) is 0 Å². The first kappa shape index (κ1) is 11.5. The number of nitrogens with zero attached hydrogens (tertiary/aromatic N) is 2. The molecular formula is C12H10ClN3O. The maximum Gasteiger partial charge on any atom is 0.257 e. The predicted octanol–water partition coefficient (Wildman–Crippen LogP) is 2.69. The van der Waals surface area contributed by atoms with E-state index in [1.54, 1.807) is 30.6 Å². The van der Waals surface area contributed by atoms with Crippen LogP contribution in [0.2, 0.25) is 5.15 Å². The fourth-order valence-electron chi connectivity index (χ4n) is 1.33. The second-order valence-electron chi connectivity index (χ2n) is 3.55. The Balaban J connectivity index is 2.22. The van der Waals surface area contributed by atoms with Crippen LogP contribution >= 0.6 is 11.6 Å². The van der Waals surface area contributed by atoms with E-state index in [2.05, 4.69) is 15.3 Å². The van der Waals surface area contributed by atoms with Gasteiger partial charge in [-0.2, -0.15) is 0 Å². The van der Waals surface area contributed by atoms with Gasteiger partial charge in [-0.05, 0) is 30.7 Å². The summed E-state index contributed by atoms with van der Waals surface area (Å²) in [6, 6.07) is 5.15. The minimum absolute atomic E-state index is 0.257. The lowest BCUT2D eigenvalue weighted by Gasteiger charge is -2.06. The van der Waals surface area contributed by atoms with E-state index in [-0.39, 0.29) is 11.1 Å². The Morgan fingerprint density at radius 2 is 2.24 bits per heavy atom. The number of aromatic nitrogens is 2. The molecule has 1 N–H and O–H groups in total. The molecule has 0 saturated heterocycles. The highest BCUT2D eigenvalue weighted by atomic mass is 35.5. The minimum Gasteiger partial charge on any atom is -0.319 e. The van der Waals surface area contributed by atoms with Gasteiger partial charge in [-0.3, -0.25) is 9.78 Å². The van der Waals surface area contributed by atoms with Crippen LogP contribution < -0.4 is 5.32 Å². The summed E-state index contributed by atoms with van der Waals surface area (Å²) in [5.41, 5.74) is 1.90. The number of carbonyl (C=O) groups is 1. The summed E-state index contributed by atoms with van der Waals surface area (Å²) in [5.74, 6) is -0.257. The van der Waals surface area contributed by atoms with E-state index in [0.29, 0.717) is 11.3 Å². The van der Waals surface area contributed by atoms with Crippen molar-refractivity contribution in [3.8, 4) is 0 Å². The maximum atomic E-state index is 11.8. The second kappa shape index (κ2) is 4.93. The number of aryl methyl sites for hydroxylation is 1. The van der Waals surface area contributed by atoms with E-state index in [4.69, 9.17) is 11.6 Å². The molecule has 1 amide bonds. The molecule has 0 aliphatic heterocycles. The molecule has 0 aliphatic carbocycles. The summed E-state index contributed by atoms with van der Waals surface area (Å²) in [6.07, 6.45) is 4.74. The van der Waals surface area contributed by atoms with E-state index in [1.807, 2.05) is 6.92 Å². The third-order valence-electron chi connectivity index (χ3n) is 2.15. The normalized spacial score (nSPS) is 10.0. The van der Waals surface area contributed by atoms with Crippen molar-refractivity contribution in [1.82, 2.24) is 9.97 Å². The third-order valence-corrected chi connectivity index (χ3v) is 2.45. The Morgan fingerprint density at radius 1 is 1.41 bits per heavy atom. The molecule has 2 aromatic heterocycles. The maximum absolute atomic E-state index is 11.8. The molecule has 5 heteroatoms. The first-order valence-corrected chi connectivity index (χ1v) is 5.38. The molecule has 0 unspecified atom stereocenters. The Labute approximate surface area is 104 Å². The Bertz CT molecular complexity index is 543. The van der Waals surface area contributed by atoms with Gasteiger partial charge in [-0.15, -0.1) is 0 Å². The zero-order valence-electron chi connectivity index (χ0n) is 9.14. The lowest BCUT2D eigenvalue weighted by molar-refractivity contribution is 0.102. The summed E-state index contributed by atoms with van der Waals surface area (Å²) >= 11 is 5.89. The molecular weight excluding hydrogens is 238 g/mol. The van der Waals surface area contributed by atoms with Crippen molar-refractivity contribution in [3.05, 3.63) is 53.1 Å². The van der Waals surface area contributed by atoms with E-state index >= 15 is 0 Å². The molecule has 0 radical (unpaired) electrons. The first-order valence-electron chi connectivity index (χ1n) is 5.00. The summed E-state index contributed by atoms with van der Waals surface area (Å²) in [7, 11) is 0. The monoisotopic (exact) mass is 247 g/mol. The van der Waals surface area contributed by atoms with Crippen LogP contribution in [0, 0.1) is 6.92 Å². The molecule has 17 heavy (non-hydrogen) atoms. The average molecular weight is 248 g/mol. The van der Waals surface area contributed by atoms with Crippen molar-refractivity contribution in [1.29, 1.82) is 0 Å². The number of carbonyl (C=O) groups excluding carboxylic acids is 1. The van der Waals surface area contributed by atoms with Crippen molar-refractivity contribution in [3.63, 3.8) is 0 Å². The zero-order valence-corrected chi connectivity index (χ0v) is 9.90. The van der Waals surface area contributed by atoms with Crippen LogP contribution in [0.3, 0.4) is 0 Å². The highest BCUT2D eigenvalue weighted by molar-refractivity contribution is 6.32. The van der Waals surface area contributed by atoms with Crippen LogP contribution in [0.15, 0.2) is 36.8 Å².